The van der Waals surface area contributed by atoms with Crippen LogP contribution in [0.2, 0.25) is 0 Å². The number of hydrazone groups is 1. The predicted octanol–water partition coefficient (Wildman–Crippen LogP) is 3.20. The molecular formula is C19H16N2O4. The van der Waals surface area contributed by atoms with Crippen LogP contribution in [-0.4, -0.2) is 29.8 Å². The first-order valence-electron chi connectivity index (χ1n) is 7.59. The average Bonchev–Trinajstić information content (AvgIpc) is 2.90. The highest BCUT2D eigenvalue weighted by Crippen LogP contribution is 2.26. The van der Waals surface area contributed by atoms with Crippen molar-refractivity contribution in [3.05, 3.63) is 65.2 Å². The highest BCUT2D eigenvalue weighted by Gasteiger charge is 2.28. The van der Waals surface area contributed by atoms with Crippen LogP contribution in [-0.2, 0) is 4.79 Å². The second kappa shape index (κ2) is 6.60. The highest BCUT2D eigenvalue weighted by molar-refractivity contribution is 6.32. The summed E-state index contributed by atoms with van der Waals surface area (Å²) in [6.45, 7) is 1.76. The van der Waals surface area contributed by atoms with E-state index in [9.17, 15) is 9.59 Å². The monoisotopic (exact) mass is 336 g/mol. The van der Waals surface area contributed by atoms with Gasteiger partial charge in [0.2, 0.25) is 0 Å². The molecule has 1 amide bonds. The van der Waals surface area contributed by atoms with Gasteiger partial charge in [0.15, 0.2) is 0 Å². The van der Waals surface area contributed by atoms with E-state index in [0.717, 1.165) is 5.56 Å². The zero-order valence-electron chi connectivity index (χ0n) is 13.8. The summed E-state index contributed by atoms with van der Waals surface area (Å²) in [6.07, 6.45) is 1.76. The van der Waals surface area contributed by atoms with Crippen molar-refractivity contribution in [3.8, 4) is 5.75 Å². The van der Waals surface area contributed by atoms with Crippen molar-refractivity contribution in [3.63, 3.8) is 0 Å². The lowest BCUT2D eigenvalue weighted by molar-refractivity contribution is -0.114. The molecule has 0 bridgehead atoms. The normalized spacial score (nSPS) is 15.4. The Morgan fingerprint density at radius 1 is 1.20 bits per heavy atom. The first-order chi connectivity index (χ1) is 12.0. The SMILES string of the molecule is COc1cccc(/C=C2\C(=O)N(c3ccc(C(=O)O)cc3)N=C2C)c1. The molecule has 1 aliphatic heterocycles. The first kappa shape index (κ1) is 16.4. The van der Waals surface area contributed by atoms with Crippen LogP contribution in [0.5, 0.6) is 5.75 Å². The van der Waals surface area contributed by atoms with E-state index in [1.807, 2.05) is 24.3 Å². The molecular weight excluding hydrogens is 320 g/mol. The van der Waals surface area contributed by atoms with Crippen LogP contribution in [0.4, 0.5) is 5.69 Å². The molecule has 2 aromatic rings. The van der Waals surface area contributed by atoms with Gasteiger partial charge >= 0.3 is 5.97 Å². The van der Waals surface area contributed by atoms with E-state index in [2.05, 4.69) is 5.10 Å². The fourth-order valence-corrected chi connectivity index (χ4v) is 2.50. The number of benzene rings is 2. The number of ether oxygens (including phenoxy) is 1. The van der Waals surface area contributed by atoms with Gasteiger partial charge in [0.05, 0.1) is 29.6 Å². The van der Waals surface area contributed by atoms with Crippen molar-refractivity contribution < 1.29 is 19.4 Å². The zero-order chi connectivity index (χ0) is 18.0. The number of carboxylic acids is 1. The van der Waals surface area contributed by atoms with E-state index in [-0.39, 0.29) is 11.5 Å². The van der Waals surface area contributed by atoms with Gasteiger partial charge in [0.1, 0.15) is 5.75 Å². The van der Waals surface area contributed by atoms with Gasteiger partial charge < -0.3 is 9.84 Å². The topological polar surface area (TPSA) is 79.2 Å². The molecule has 3 rings (SSSR count). The Bertz CT molecular complexity index is 898. The lowest BCUT2D eigenvalue weighted by atomic mass is 10.1. The Morgan fingerprint density at radius 2 is 1.92 bits per heavy atom. The Balaban J connectivity index is 1.90. The number of carboxylic acid groups (broad SMARTS) is 1. The molecule has 0 aromatic heterocycles. The molecule has 0 fully saturated rings. The number of carbonyl (C=O) groups is 2. The lowest BCUT2D eigenvalue weighted by Gasteiger charge is -2.11. The molecule has 1 heterocycles. The van der Waals surface area contributed by atoms with Crippen LogP contribution in [0.15, 0.2) is 59.2 Å². The molecule has 0 aliphatic carbocycles. The number of methoxy groups -OCH3 is 1. The molecule has 6 nitrogen and oxygen atoms in total. The third-order valence-electron chi connectivity index (χ3n) is 3.83. The zero-order valence-corrected chi connectivity index (χ0v) is 13.8. The number of hydrogen-bond acceptors (Lipinski definition) is 4. The van der Waals surface area contributed by atoms with Gasteiger partial charge in [-0.2, -0.15) is 10.1 Å². The smallest absolute Gasteiger partial charge is 0.335 e. The van der Waals surface area contributed by atoms with Gasteiger partial charge in [-0.15, -0.1) is 0 Å². The van der Waals surface area contributed by atoms with Gasteiger partial charge in [0, 0.05) is 0 Å². The number of hydrogen-bond donors (Lipinski definition) is 1. The van der Waals surface area contributed by atoms with Crippen molar-refractivity contribution >= 4 is 29.4 Å². The molecule has 126 valence electrons. The van der Waals surface area contributed by atoms with Gasteiger partial charge in [-0.05, 0) is 55.0 Å². The predicted molar refractivity (Wildman–Crippen MR) is 95.0 cm³/mol. The summed E-state index contributed by atoms with van der Waals surface area (Å²) in [4.78, 5) is 23.6. The number of nitrogens with zero attached hydrogens (tertiary/aromatic N) is 2. The third-order valence-corrected chi connectivity index (χ3v) is 3.83. The molecule has 0 saturated heterocycles. The molecule has 0 atom stereocenters. The largest absolute Gasteiger partial charge is 0.497 e. The highest BCUT2D eigenvalue weighted by atomic mass is 16.5. The summed E-state index contributed by atoms with van der Waals surface area (Å²) in [5.41, 5.74) is 2.58. The molecule has 0 radical (unpaired) electrons. The maximum absolute atomic E-state index is 12.7. The molecule has 1 N–H and O–H groups in total. The Hall–Kier alpha value is -3.41. The van der Waals surface area contributed by atoms with Gasteiger partial charge in [-0.25, -0.2) is 4.79 Å². The molecule has 1 aliphatic rings. The summed E-state index contributed by atoms with van der Waals surface area (Å²) in [5.74, 6) is -0.573. The fourth-order valence-electron chi connectivity index (χ4n) is 2.50. The maximum Gasteiger partial charge on any atom is 0.335 e. The Morgan fingerprint density at radius 3 is 2.56 bits per heavy atom. The van der Waals surface area contributed by atoms with E-state index < -0.39 is 5.97 Å². The molecule has 0 saturated carbocycles. The van der Waals surface area contributed by atoms with Crippen molar-refractivity contribution in [2.75, 3.05) is 12.1 Å². The Kier molecular flexibility index (Phi) is 4.35. The standard InChI is InChI=1S/C19H16N2O4/c1-12-17(11-13-4-3-5-16(10-13)25-2)18(22)21(20-12)15-8-6-14(7-9-15)19(23)24/h3-11H,1-2H3,(H,23,24)/b17-11-. The molecule has 2 aromatic carbocycles. The molecule has 0 spiro atoms. The number of aromatic carboxylic acids is 1. The molecule has 25 heavy (non-hydrogen) atoms. The number of anilines is 1. The molecule has 0 unspecified atom stereocenters. The summed E-state index contributed by atoms with van der Waals surface area (Å²) >= 11 is 0. The van der Waals surface area contributed by atoms with Crippen LogP contribution in [0.3, 0.4) is 0 Å². The van der Waals surface area contributed by atoms with Crippen molar-refractivity contribution in [2.24, 2.45) is 5.10 Å². The quantitative estimate of drug-likeness (QED) is 0.870. The maximum atomic E-state index is 12.7. The average molecular weight is 336 g/mol. The van der Waals surface area contributed by atoms with E-state index in [0.29, 0.717) is 22.7 Å². The van der Waals surface area contributed by atoms with E-state index in [4.69, 9.17) is 9.84 Å². The van der Waals surface area contributed by atoms with Crippen LogP contribution in [0.1, 0.15) is 22.8 Å². The third kappa shape index (κ3) is 3.28. The van der Waals surface area contributed by atoms with E-state index >= 15 is 0 Å². The van der Waals surface area contributed by atoms with Gasteiger partial charge in [0.25, 0.3) is 5.91 Å². The second-order valence-corrected chi connectivity index (χ2v) is 5.49. The van der Waals surface area contributed by atoms with E-state index in [1.165, 1.54) is 17.1 Å². The summed E-state index contributed by atoms with van der Waals surface area (Å²) in [6, 6.07) is 13.4. The van der Waals surface area contributed by atoms with Gasteiger partial charge in [-0.3, -0.25) is 4.79 Å². The lowest BCUT2D eigenvalue weighted by Crippen LogP contribution is -2.21. The number of rotatable bonds is 4. The van der Waals surface area contributed by atoms with Crippen molar-refractivity contribution in [1.82, 2.24) is 0 Å². The Labute approximate surface area is 144 Å². The summed E-state index contributed by atoms with van der Waals surface area (Å²) in [5, 5.41) is 14.5. The van der Waals surface area contributed by atoms with Gasteiger partial charge in [-0.1, -0.05) is 12.1 Å². The first-order valence-corrected chi connectivity index (χ1v) is 7.59. The minimum Gasteiger partial charge on any atom is -0.497 e. The van der Waals surface area contributed by atoms with Crippen LogP contribution < -0.4 is 9.75 Å². The van der Waals surface area contributed by atoms with Crippen LogP contribution >= 0.6 is 0 Å². The number of amides is 1. The minimum absolute atomic E-state index is 0.156. The summed E-state index contributed by atoms with van der Waals surface area (Å²) in [7, 11) is 1.59. The fraction of sp³-hybridized carbons (Fsp3) is 0.105. The minimum atomic E-state index is -1.02. The van der Waals surface area contributed by atoms with Crippen molar-refractivity contribution in [1.29, 1.82) is 0 Å². The van der Waals surface area contributed by atoms with E-state index in [1.54, 1.807) is 32.2 Å². The number of carbonyl (C=O) groups excluding carboxylic acids is 1. The van der Waals surface area contributed by atoms with Crippen molar-refractivity contribution in [2.45, 2.75) is 6.92 Å². The van der Waals surface area contributed by atoms with Crippen LogP contribution in [0, 0.1) is 0 Å². The van der Waals surface area contributed by atoms with Crippen LogP contribution in [0.25, 0.3) is 6.08 Å². The molecule has 6 heteroatoms. The second-order valence-electron chi connectivity index (χ2n) is 5.49. The summed E-state index contributed by atoms with van der Waals surface area (Å²) < 4.78 is 5.19.